The van der Waals surface area contributed by atoms with E-state index in [-0.39, 0.29) is 11.9 Å². The summed E-state index contributed by atoms with van der Waals surface area (Å²) in [6, 6.07) is 5.96. The van der Waals surface area contributed by atoms with Crippen LogP contribution in [0.15, 0.2) is 36.0 Å². The van der Waals surface area contributed by atoms with Gasteiger partial charge in [-0.05, 0) is 37.1 Å². The number of rotatable bonds is 5. The van der Waals surface area contributed by atoms with Crippen molar-refractivity contribution >= 4 is 17.2 Å². The number of carbonyl (C=O) groups is 1. The molecule has 0 aliphatic heterocycles. The summed E-state index contributed by atoms with van der Waals surface area (Å²) in [7, 11) is 1.85. The predicted molar refractivity (Wildman–Crippen MR) is 83.1 cm³/mol. The first-order valence-electron chi connectivity index (χ1n) is 6.88. The number of hydrogen-bond acceptors (Lipinski definition) is 3. The molecule has 0 N–H and O–H groups in total. The van der Waals surface area contributed by atoms with Gasteiger partial charge in [-0.15, -0.1) is 11.3 Å². The molecule has 0 aliphatic rings. The lowest BCUT2D eigenvalue weighted by atomic mass is 10.1. The van der Waals surface area contributed by atoms with E-state index in [9.17, 15) is 4.79 Å². The fraction of sp³-hybridized carbons (Fsp3) is 0.375. The highest BCUT2D eigenvalue weighted by atomic mass is 32.1. The predicted octanol–water partition coefficient (Wildman–Crippen LogP) is 3.93. The van der Waals surface area contributed by atoms with Gasteiger partial charge < -0.3 is 4.90 Å². The Labute approximate surface area is 124 Å². The molecular weight excluding hydrogens is 268 g/mol. The van der Waals surface area contributed by atoms with E-state index in [2.05, 4.69) is 11.9 Å². The van der Waals surface area contributed by atoms with Crippen LogP contribution in [-0.2, 0) is 6.42 Å². The standard InChI is InChI=1S/C16H20N2OS/c1-4-5-15-10-14(11-20-15)16(19)18(3)12(2)13-6-8-17-9-7-13/h6-12H,4-5H2,1-3H3/t12-/m1/s1. The second-order valence-electron chi connectivity index (χ2n) is 4.92. The molecule has 2 heterocycles. The Morgan fingerprint density at radius 1 is 1.40 bits per heavy atom. The summed E-state index contributed by atoms with van der Waals surface area (Å²) < 4.78 is 0. The normalized spacial score (nSPS) is 12.2. The minimum absolute atomic E-state index is 0.0417. The molecule has 0 fully saturated rings. The second-order valence-corrected chi connectivity index (χ2v) is 5.92. The Kier molecular flexibility index (Phi) is 4.90. The van der Waals surface area contributed by atoms with Crippen LogP contribution < -0.4 is 0 Å². The highest BCUT2D eigenvalue weighted by molar-refractivity contribution is 7.10. The van der Waals surface area contributed by atoms with Crippen LogP contribution in [0.3, 0.4) is 0 Å². The van der Waals surface area contributed by atoms with Gasteiger partial charge in [-0.1, -0.05) is 13.3 Å². The van der Waals surface area contributed by atoms with Gasteiger partial charge in [-0.3, -0.25) is 9.78 Å². The van der Waals surface area contributed by atoms with Gasteiger partial charge in [-0.25, -0.2) is 0 Å². The first-order valence-corrected chi connectivity index (χ1v) is 7.76. The van der Waals surface area contributed by atoms with Crippen LogP contribution in [0.4, 0.5) is 0 Å². The first-order chi connectivity index (χ1) is 9.63. The van der Waals surface area contributed by atoms with Gasteiger partial charge >= 0.3 is 0 Å². The summed E-state index contributed by atoms with van der Waals surface area (Å²) in [5, 5.41) is 1.96. The van der Waals surface area contributed by atoms with E-state index in [1.165, 1.54) is 4.88 Å². The molecule has 1 atom stereocenters. The molecule has 0 unspecified atom stereocenters. The average Bonchev–Trinajstić information content (AvgIpc) is 2.95. The minimum Gasteiger partial charge on any atom is -0.335 e. The molecule has 2 aromatic heterocycles. The Morgan fingerprint density at radius 2 is 2.10 bits per heavy atom. The number of carbonyl (C=O) groups excluding carboxylic acids is 1. The van der Waals surface area contributed by atoms with Crippen molar-refractivity contribution in [3.63, 3.8) is 0 Å². The summed E-state index contributed by atoms with van der Waals surface area (Å²) in [5.41, 5.74) is 1.89. The summed E-state index contributed by atoms with van der Waals surface area (Å²) in [5.74, 6) is 0.0768. The van der Waals surface area contributed by atoms with Gasteiger partial charge in [0.25, 0.3) is 5.91 Å². The molecular formula is C16H20N2OS. The quantitative estimate of drug-likeness (QED) is 0.835. The van der Waals surface area contributed by atoms with Gasteiger partial charge in [0.2, 0.25) is 0 Å². The van der Waals surface area contributed by atoms with E-state index in [4.69, 9.17) is 0 Å². The van der Waals surface area contributed by atoms with Crippen LogP contribution in [0.1, 0.15) is 47.1 Å². The zero-order valence-electron chi connectivity index (χ0n) is 12.2. The third kappa shape index (κ3) is 3.25. The van der Waals surface area contributed by atoms with Gasteiger partial charge in [0.05, 0.1) is 11.6 Å². The Hall–Kier alpha value is -1.68. The van der Waals surface area contributed by atoms with Crippen molar-refractivity contribution in [2.24, 2.45) is 0 Å². The number of hydrogen-bond donors (Lipinski definition) is 0. The highest BCUT2D eigenvalue weighted by Gasteiger charge is 2.19. The molecule has 3 nitrogen and oxygen atoms in total. The molecule has 2 rings (SSSR count). The van der Waals surface area contributed by atoms with Gasteiger partial charge in [0.15, 0.2) is 0 Å². The molecule has 0 spiro atoms. The molecule has 4 heteroatoms. The molecule has 0 saturated heterocycles. The maximum Gasteiger partial charge on any atom is 0.254 e. The molecule has 0 saturated carbocycles. The van der Waals surface area contributed by atoms with E-state index < -0.39 is 0 Å². The molecule has 0 aliphatic carbocycles. The lowest BCUT2D eigenvalue weighted by molar-refractivity contribution is 0.0743. The van der Waals surface area contributed by atoms with Gasteiger partial charge in [-0.2, -0.15) is 0 Å². The smallest absolute Gasteiger partial charge is 0.254 e. The second kappa shape index (κ2) is 6.66. The van der Waals surface area contributed by atoms with Crippen molar-refractivity contribution in [3.05, 3.63) is 52.0 Å². The van der Waals surface area contributed by atoms with Gasteiger partial charge in [0, 0.05) is 29.7 Å². The van der Waals surface area contributed by atoms with Crippen molar-refractivity contribution < 1.29 is 4.79 Å². The maximum atomic E-state index is 12.5. The maximum absolute atomic E-state index is 12.5. The Balaban J connectivity index is 2.11. The molecule has 2 aromatic rings. The topological polar surface area (TPSA) is 33.2 Å². The average molecular weight is 288 g/mol. The summed E-state index contributed by atoms with van der Waals surface area (Å²) in [4.78, 5) is 19.6. The monoisotopic (exact) mass is 288 g/mol. The fourth-order valence-electron chi connectivity index (χ4n) is 2.12. The fourth-order valence-corrected chi connectivity index (χ4v) is 3.08. The van der Waals surface area contributed by atoms with E-state index in [1.54, 1.807) is 28.6 Å². The number of nitrogens with zero attached hydrogens (tertiary/aromatic N) is 2. The summed E-state index contributed by atoms with van der Waals surface area (Å²) in [6.07, 6.45) is 5.67. The van der Waals surface area contributed by atoms with E-state index in [0.29, 0.717) is 0 Å². The van der Waals surface area contributed by atoms with Crippen LogP contribution in [0.25, 0.3) is 0 Å². The molecule has 0 bridgehead atoms. The lowest BCUT2D eigenvalue weighted by Gasteiger charge is -2.24. The van der Waals surface area contributed by atoms with Crippen molar-refractivity contribution in [2.45, 2.75) is 32.7 Å². The molecule has 1 amide bonds. The summed E-state index contributed by atoms with van der Waals surface area (Å²) >= 11 is 1.67. The Bertz CT molecular complexity index is 565. The zero-order valence-corrected chi connectivity index (χ0v) is 13.0. The minimum atomic E-state index is 0.0417. The Morgan fingerprint density at radius 3 is 2.75 bits per heavy atom. The largest absolute Gasteiger partial charge is 0.335 e. The van der Waals surface area contributed by atoms with Crippen LogP contribution in [0.5, 0.6) is 0 Å². The van der Waals surface area contributed by atoms with Crippen molar-refractivity contribution in [2.75, 3.05) is 7.05 Å². The SMILES string of the molecule is CCCc1cc(C(=O)N(C)[C@H](C)c2ccncc2)cs1. The van der Waals surface area contributed by atoms with Crippen molar-refractivity contribution in [1.82, 2.24) is 9.88 Å². The van der Waals surface area contributed by atoms with Crippen molar-refractivity contribution in [1.29, 1.82) is 0 Å². The third-order valence-corrected chi connectivity index (χ3v) is 4.48. The van der Waals surface area contributed by atoms with Crippen LogP contribution in [0.2, 0.25) is 0 Å². The van der Waals surface area contributed by atoms with E-state index in [1.807, 2.05) is 37.6 Å². The molecule has 0 aromatic carbocycles. The number of thiophene rings is 1. The lowest BCUT2D eigenvalue weighted by Crippen LogP contribution is -2.29. The van der Waals surface area contributed by atoms with E-state index in [0.717, 1.165) is 24.0 Å². The van der Waals surface area contributed by atoms with Crippen LogP contribution in [-0.4, -0.2) is 22.8 Å². The number of aromatic nitrogens is 1. The molecule has 0 radical (unpaired) electrons. The number of aryl methyl sites for hydroxylation is 1. The van der Waals surface area contributed by atoms with Gasteiger partial charge in [0.1, 0.15) is 0 Å². The van der Waals surface area contributed by atoms with Crippen molar-refractivity contribution in [3.8, 4) is 0 Å². The zero-order chi connectivity index (χ0) is 14.5. The summed E-state index contributed by atoms with van der Waals surface area (Å²) in [6.45, 7) is 4.19. The third-order valence-electron chi connectivity index (χ3n) is 3.49. The van der Waals surface area contributed by atoms with Crippen LogP contribution >= 0.6 is 11.3 Å². The number of amides is 1. The van der Waals surface area contributed by atoms with Crippen LogP contribution in [0, 0.1) is 0 Å². The molecule has 20 heavy (non-hydrogen) atoms. The highest BCUT2D eigenvalue weighted by Crippen LogP contribution is 2.23. The number of pyridine rings is 1. The first kappa shape index (κ1) is 14.7. The molecule has 106 valence electrons. The van der Waals surface area contributed by atoms with E-state index >= 15 is 0 Å².